The number of nitro benzene ring substituents is 1. The Balaban J connectivity index is 2.07. The minimum Gasteiger partial charge on any atom is -0.465 e. The fraction of sp³-hybridized carbons (Fsp3) is 0.409. The first-order chi connectivity index (χ1) is 15.7. The van der Waals surface area contributed by atoms with Crippen LogP contribution in [0.3, 0.4) is 0 Å². The Labute approximate surface area is 198 Å². The van der Waals surface area contributed by atoms with E-state index in [4.69, 9.17) is 25.4 Å². The lowest BCUT2D eigenvalue weighted by atomic mass is 10.2. The van der Waals surface area contributed by atoms with Crippen molar-refractivity contribution in [2.75, 3.05) is 6.61 Å². The number of hydrogen-bond donors (Lipinski definition) is 1. The number of esters is 1. The predicted molar refractivity (Wildman–Crippen MR) is 126 cm³/mol. The van der Waals surface area contributed by atoms with Gasteiger partial charge in [0.15, 0.2) is 0 Å². The Morgan fingerprint density at radius 2 is 1.58 bits per heavy atom. The van der Waals surface area contributed by atoms with Crippen LogP contribution in [0.1, 0.15) is 46.0 Å². The van der Waals surface area contributed by atoms with Gasteiger partial charge in [-0.2, -0.15) is 5.09 Å². The maximum atomic E-state index is 13.5. The van der Waals surface area contributed by atoms with E-state index in [2.05, 4.69) is 12.0 Å². The van der Waals surface area contributed by atoms with Crippen LogP contribution in [-0.2, 0) is 14.1 Å². The van der Waals surface area contributed by atoms with E-state index in [9.17, 15) is 19.5 Å². The molecule has 0 spiro atoms. The highest BCUT2D eigenvalue weighted by molar-refractivity contribution is 7.52. The highest BCUT2D eigenvalue weighted by Crippen LogP contribution is 2.45. The minimum absolute atomic E-state index is 0.0573. The fourth-order valence-electron chi connectivity index (χ4n) is 2.77. The Kier molecular flexibility index (Phi) is 10.6. The van der Waals surface area contributed by atoms with Crippen LogP contribution in [0.2, 0.25) is 5.02 Å². The van der Waals surface area contributed by atoms with Crippen molar-refractivity contribution in [3.63, 3.8) is 0 Å². The largest absolute Gasteiger partial charge is 0.513 e. The van der Waals surface area contributed by atoms with Gasteiger partial charge in [0, 0.05) is 17.2 Å². The molecular formula is C22H28ClN2O7P. The van der Waals surface area contributed by atoms with E-state index in [1.807, 2.05) is 0 Å². The molecule has 33 heavy (non-hydrogen) atoms. The van der Waals surface area contributed by atoms with Crippen molar-refractivity contribution in [3.8, 4) is 11.5 Å². The van der Waals surface area contributed by atoms with Gasteiger partial charge in [-0.25, -0.2) is 4.57 Å². The molecule has 0 radical (unpaired) electrons. The Hall–Kier alpha value is -2.61. The maximum Gasteiger partial charge on any atom is 0.513 e. The molecule has 0 fully saturated rings. The third-order valence-corrected chi connectivity index (χ3v) is 6.37. The SMILES string of the molecule is CCCCCCCOC(=O)[C@H](C)N[P@](=O)(Oc1ccc(Cl)cc1)Oc1ccc([N+](=O)[O-])cc1. The molecule has 0 bridgehead atoms. The van der Waals surface area contributed by atoms with Gasteiger partial charge in [-0.15, -0.1) is 0 Å². The molecule has 2 aromatic carbocycles. The average Bonchev–Trinajstić information content (AvgIpc) is 2.77. The van der Waals surface area contributed by atoms with E-state index in [-0.39, 0.29) is 23.8 Å². The zero-order valence-electron chi connectivity index (χ0n) is 18.6. The highest BCUT2D eigenvalue weighted by atomic mass is 35.5. The van der Waals surface area contributed by atoms with Crippen LogP contribution in [-0.4, -0.2) is 23.5 Å². The van der Waals surface area contributed by atoms with Crippen molar-refractivity contribution in [2.45, 2.75) is 52.0 Å². The molecule has 0 unspecified atom stereocenters. The Morgan fingerprint density at radius 1 is 1.03 bits per heavy atom. The molecule has 0 aliphatic rings. The predicted octanol–water partition coefficient (Wildman–Crippen LogP) is 6.31. The summed E-state index contributed by atoms with van der Waals surface area (Å²) in [6.45, 7) is 3.87. The molecule has 9 nitrogen and oxygen atoms in total. The van der Waals surface area contributed by atoms with Crippen LogP contribution < -0.4 is 14.1 Å². The fourth-order valence-corrected chi connectivity index (χ4v) is 4.41. The molecule has 0 heterocycles. The van der Waals surface area contributed by atoms with E-state index in [0.29, 0.717) is 5.02 Å². The van der Waals surface area contributed by atoms with Crippen LogP contribution in [0.4, 0.5) is 5.69 Å². The molecule has 0 amide bonds. The van der Waals surface area contributed by atoms with Gasteiger partial charge in [-0.05, 0) is 49.7 Å². The second kappa shape index (κ2) is 13.2. The average molecular weight is 499 g/mol. The summed E-state index contributed by atoms with van der Waals surface area (Å²) in [7, 11) is -4.14. The summed E-state index contributed by atoms with van der Waals surface area (Å²) < 4.78 is 29.8. The van der Waals surface area contributed by atoms with Crippen LogP contribution in [0.25, 0.3) is 0 Å². The van der Waals surface area contributed by atoms with Gasteiger partial charge >= 0.3 is 13.7 Å². The number of unbranched alkanes of at least 4 members (excludes halogenated alkanes) is 4. The zero-order valence-corrected chi connectivity index (χ0v) is 20.2. The minimum atomic E-state index is -4.14. The van der Waals surface area contributed by atoms with E-state index in [0.717, 1.165) is 32.1 Å². The first kappa shape index (κ1) is 26.6. The Bertz CT molecular complexity index is 954. The number of hydrogen-bond acceptors (Lipinski definition) is 7. The number of non-ortho nitro benzene ring substituents is 1. The van der Waals surface area contributed by atoms with Crippen LogP contribution >= 0.6 is 19.3 Å². The van der Waals surface area contributed by atoms with Crippen molar-refractivity contribution >= 4 is 31.0 Å². The van der Waals surface area contributed by atoms with Gasteiger partial charge in [-0.3, -0.25) is 14.9 Å². The summed E-state index contributed by atoms with van der Waals surface area (Å²) in [5.74, 6) is -0.353. The number of rotatable bonds is 14. The number of nitro groups is 1. The van der Waals surface area contributed by atoms with Crippen molar-refractivity contribution < 1.29 is 28.1 Å². The number of ether oxygens (including phenoxy) is 1. The van der Waals surface area contributed by atoms with Crippen LogP contribution in [0, 0.1) is 10.1 Å². The standard InChI is InChI=1S/C22H28ClN2O7P/c1-3-4-5-6-7-16-30-22(26)17(2)24-33(29,31-20-12-8-18(23)9-13-20)32-21-14-10-19(11-15-21)25(27)28/h8-15,17H,3-7,16H2,1-2H3,(H,24,29)/t17-,33-/m0/s1. The smallest absolute Gasteiger partial charge is 0.465 e. The van der Waals surface area contributed by atoms with E-state index >= 15 is 0 Å². The van der Waals surface area contributed by atoms with Gasteiger partial charge in [-0.1, -0.05) is 44.2 Å². The van der Waals surface area contributed by atoms with Crippen molar-refractivity contribution in [3.05, 3.63) is 63.7 Å². The van der Waals surface area contributed by atoms with Crippen LogP contribution in [0.5, 0.6) is 11.5 Å². The zero-order chi connectivity index (χ0) is 24.3. The quantitative estimate of drug-likeness (QED) is 0.106. The lowest BCUT2D eigenvalue weighted by Gasteiger charge is -2.23. The molecule has 11 heteroatoms. The van der Waals surface area contributed by atoms with E-state index in [1.165, 1.54) is 43.3 Å². The third kappa shape index (κ3) is 9.42. The number of nitrogens with zero attached hydrogens (tertiary/aromatic N) is 1. The van der Waals surface area contributed by atoms with E-state index in [1.54, 1.807) is 12.1 Å². The lowest BCUT2D eigenvalue weighted by Crippen LogP contribution is -2.36. The molecule has 0 aliphatic carbocycles. The second-order valence-corrected chi connectivity index (χ2v) is 9.37. The van der Waals surface area contributed by atoms with Gasteiger partial charge < -0.3 is 13.8 Å². The molecule has 2 rings (SSSR count). The highest BCUT2D eigenvalue weighted by Gasteiger charge is 2.34. The third-order valence-electron chi connectivity index (χ3n) is 4.51. The summed E-state index contributed by atoms with van der Waals surface area (Å²) >= 11 is 5.88. The molecule has 180 valence electrons. The van der Waals surface area contributed by atoms with Crippen molar-refractivity contribution in [1.29, 1.82) is 0 Å². The van der Waals surface area contributed by atoms with Gasteiger partial charge in [0.25, 0.3) is 5.69 Å². The summed E-state index contributed by atoms with van der Waals surface area (Å²) in [6, 6.07) is 10.1. The molecule has 0 aromatic heterocycles. The summed E-state index contributed by atoms with van der Waals surface area (Å²) in [5.41, 5.74) is -0.153. The number of carbonyl (C=O) groups is 1. The second-order valence-electron chi connectivity index (χ2n) is 7.32. The summed E-state index contributed by atoms with van der Waals surface area (Å²) in [4.78, 5) is 22.7. The monoisotopic (exact) mass is 498 g/mol. The number of nitrogens with one attached hydrogen (secondary N) is 1. The molecular weight excluding hydrogens is 471 g/mol. The molecule has 2 atom stereocenters. The van der Waals surface area contributed by atoms with Gasteiger partial charge in [0.2, 0.25) is 0 Å². The first-order valence-corrected chi connectivity index (χ1v) is 12.6. The van der Waals surface area contributed by atoms with E-state index < -0.39 is 24.7 Å². The Morgan fingerprint density at radius 3 is 2.12 bits per heavy atom. The van der Waals surface area contributed by atoms with Gasteiger partial charge in [0.05, 0.1) is 11.5 Å². The summed E-state index contributed by atoms with van der Waals surface area (Å²) in [5, 5.41) is 13.9. The van der Waals surface area contributed by atoms with Crippen LogP contribution in [0.15, 0.2) is 48.5 Å². The summed E-state index contributed by atoms with van der Waals surface area (Å²) in [6.07, 6.45) is 5.05. The molecule has 0 aliphatic heterocycles. The van der Waals surface area contributed by atoms with Crippen molar-refractivity contribution in [1.82, 2.24) is 5.09 Å². The first-order valence-electron chi connectivity index (χ1n) is 10.7. The number of benzene rings is 2. The number of carbonyl (C=O) groups excluding carboxylic acids is 1. The van der Waals surface area contributed by atoms with Gasteiger partial charge in [0.1, 0.15) is 17.5 Å². The maximum absolute atomic E-state index is 13.5. The molecule has 2 aromatic rings. The molecule has 0 saturated heterocycles. The topological polar surface area (TPSA) is 117 Å². The number of halogens is 1. The van der Waals surface area contributed by atoms with Crippen molar-refractivity contribution in [2.24, 2.45) is 0 Å². The molecule has 0 saturated carbocycles. The molecule has 1 N–H and O–H groups in total. The lowest BCUT2D eigenvalue weighted by molar-refractivity contribution is -0.384. The normalized spacial score (nSPS) is 13.5.